The van der Waals surface area contributed by atoms with Crippen LogP contribution < -0.4 is 5.73 Å². The molecule has 1 aromatic carbocycles. The molecule has 7 heteroatoms. The van der Waals surface area contributed by atoms with Crippen LogP contribution in [0.5, 0.6) is 0 Å². The number of ether oxygens (including phenoxy) is 1. The van der Waals surface area contributed by atoms with Gasteiger partial charge < -0.3 is 10.5 Å². The van der Waals surface area contributed by atoms with E-state index in [1.807, 2.05) is 34.6 Å². The summed E-state index contributed by atoms with van der Waals surface area (Å²) in [5.41, 5.74) is 10.8. The minimum atomic E-state index is -3.58. The van der Waals surface area contributed by atoms with E-state index in [0.717, 1.165) is 27.8 Å². The third-order valence-corrected chi connectivity index (χ3v) is 7.94. The minimum absolute atomic E-state index is 0. The van der Waals surface area contributed by atoms with Gasteiger partial charge in [0, 0.05) is 26.2 Å². The first-order chi connectivity index (χ1) is 11.2. The molecule has 1 aliphatic rings. The zero-order chi connectivity index (χ0) is 18.2. The van der Waals surface area contributed by atoms with Gasteiger partial charge in [-0.1, -0.05) is 0 Å². The summed E-state index contributed by atoms with van der Waals surface area (Å²) in [5.74, 6) is 0. The second kappa shape index (κ2) is 8.35. The number of piperidine rings is 1. The van der Waals surface area contributed by atoms with Gasteiger partial charge in [-0.05, 0) is 75.3 Å². The smallest absolute Gasteiger partial charge is 0.243 e. The summed E-state index contributed by atoms with van der Waals surface area (Å²) in [6.07, 6.45) is 1.43. The Balaban J connectivity index is 0.00000312. The van der Waals surface area contributed by atoms with Crippen LogP contribution in [0.1, 0.15) is 40.7 Å². The van der Waals surface area contributed by atoms with Crippen LogP contribution in [0.25, 0.3) is 0 Å². The van der Waals surface area contributed by atoms with Crippen LogP contribution in [0.15, 0.2) is 4.90 Å². The Labute approximate surface area is 158 Å². The van der Waals surface area contributed by atoms with Gasteiger partial charge in [-0.2, -0.15) is 4.31 Å². The summed E-state index contributed by atoms with van der Waals surface area (Å²) >= 11 is 0. The van der Waals surface area contributed by atoms with E-state index in [2.05, 4.69) is 0 Å². The lowest BCUT2D eigenvalue weighted by atomic mass is 9.95. The fourth-order valence-electron chi connectivity index (χ4n) is 3.71. The molecule has 0 aromatic heterocycles. The van der Waals surface area contributed by atoms with Crippen LogP contribution in [-0.2, 0) is 14.8 Å². The van der Waals surface area contributed by atoms with Crippen molar-refractivity contribution in [2.24, 2.45) is 5.73 Å². The predicted octanol–water partition coefficient (Wildman–Crippen LogP) is 2.78. The van der Waals surface area contributed by atoms with Gasteiger partial charge in [-0.25, -0.2) is 8.42 Å². The Hall–Kier alpha value is -0.660. The summed E-state index contributed by atoms with van der Waals surface area (Å²) in [6, 6.07) is -0.214. The Morgan fingerprint density at radius 3 is 1.96 bits per heavy atom. The molecule has 2 N–H and O–H groups in total. The highest BCUT2D eigenvalue weighted by Gasteiger charge is 2.38. The molecule has 5 nitrogen and oxygen atoms in total. The Morgan fingerprint density at radius 1 is 1.04 bits per heavy atom. The molecular formula is C18H31ClN2O3S. The van der Waals surface area contributed by atoms with Crippen LogP contribution in [0, 0.1) is 34.6 Å². The van der Waals surface area contributed by atoms with Gasteiger partial charge in [0.1, 0.15) is 0 Å². The number of nitrogens with zero attached hydrogens (tertiary/aromatic N) is 1. The number of benzene rings is 1. The number of rotatable bonds is 4. The van der Waals surface area contributed by atoms with E-state index >= 15 is 0 Å². The molecule has 0 spiro atoms. The Morgan fingerprint density at radius 2 is 1.52 bits per heavy atom. The van der Waals surface area contributed by atoms with E-state index in [-0.39, 0.29) is 24.6 Å². The number of methoxy groups -OCH3 is 1. The third-order valence-electron chi connectivity index (χ3n) is 5.72. The molecule has 2 atom stereocenters. The monoisotopic (exact) mass is 390 g/mol. The van der Waals surface area contributed by atoms with Crippen molar-refractivity contribution in [2.45, 2.75) is 64.5 Å². The van der Waals surface area contributed by atoms with Crippen LogP contribution in [0.2, 0.25) is 0 Å². The molecule has 2 unspecified atom stereocenters. The van der Waals surface area contributed by atoms with Crippen LogP contribution in [0.4, 0.5) is 0 Å². The normalized spacial score (nSPS) is 21.9. The zero-order valence-corrected chi connectivity index (χ0v) is 17.7. The Bertz CT molecular complexity index is 705. The molecule has 1 aliphatic heterocycles. The lowest BCUT2D eigenvalue weighted by molar-refractivity contribution is 0.0401. The van der Waals surface area contributed by atoms with Gasteiger partial charge in [0.2, 0.25) is 10.0 Å². The number of nitrogens with two attached hydrogens (primary N) is 1. The zero-order valence-electron chi connectivity index (χ0n) is 16.0. The summed E-state index contributed by atoms with van der Waals surface area (Å²) in [6.45, 7) is 10.6. The third kappa shape index (κ3) is 3.88. The fraction of sp³-hybridized carbons (Fsp3) is 0.667. The van der Waals surface area contributed by atoms with E-state index < -0.39 is 10.0 Å². The topological polar surface area (TPSA) is 72.6 Å². The molecule has 1 heterocycles. The second-order valence-electron chi connectivity index (χ2n) is 6.84. The van der Waals surface area contributed by atoms with Crippen molar-refractivity contribution < 1.29 is 13.2 Å². The summed E-state index contributed by atoms with van der Waals surface area (Å²) in [7, 11) is -1.91. The van der Waals surface area contributed by atoms with Crippen molar-refractivity contribution >= 4 is 22.4 Å². The molecule has 0 radical (unpaired) electrons. The van der Waals surface area contributed by atoms with E-state index in [9.17, 15) is 8.42 Å². The highest BCUT2D eigenvalue weighted by molar-refractivity contribution is 7.89. The van der Waals surface area contributed by atoms with Gasteiger partial charge in [0.15, 0.2) is 0 Å². The van der Waals surface area contributed by atoms with Crippen molar-refractivity contribution in [3.05, 3.63) is 27.8 Å². The molecule has 0 bridgehead atoms. The van der Waals surface area contributed by atoms with E-state index in [1.165, 1.54) is 0 Å². The minimum Gasteiger partial charge on any atom is -0.381 e. The summed E-state index contributed by atoms with van der Waals surface area (Å²) in [4.78, 5) is 0.456. The summed E-state index contributed by atoms with van der Waals surface area (Å²) < 4.78 is 33.9. The quantitative estimate of drug-likeness (QED) is 0.857. The average molecular weight is 391 g/mol. The highest BCUT2D eigenvalue weighted by Crippen LogP contribution is 2.34. The first-order valence-electron chi connectivity index (χ1n) is 8.48. The molecule has 1 saturated heterocycles. The van der Waals surface area contributed by atoms with Crippen molar-refractivity contribution in [3.8, 4) is 0 Å². The predicted molar refractivity (Wildman–Crippen MR) is 104 cm³/mol. The maximum absolute atomic E-state index is 13.4. The van der Waals surface area contributed by atoms with Gasteiger partial charge in [0.25, 0.3) is 0 Å². The van der Waals surface area contributed by atoms with Crippen LogP contribution in [-0.4, -0.2) is 45.1 Å². The lowest BCUT2D eigenvalue weighted by Crippen LogP contribution is -2.51. The number of halogens is 1. The molecule has 0 saturated carbocycles. The number of sulfonamides is 1. The molecule has 25 heavy (non-hydrogen) atoms. The molecule has 0 aliphatic carbocycles. The maximum atomic E-state index is 13.4. The molecule has 2 rings (SSSR count). The van der Waals surface area contributed by atoms with Gasteiger partial charge >= 0.3 is 0 Å². The largest absolute Gasteiger partial charge is 0.381 e. The molecule has 1 aromatic rings. The Kier molecular flexibility index (Phi) is 7.48. The van der Waals surface area contributed by atoms with Crippen LogP contribution >= 0.6 is 12.4 Å². The van der Waals surface area contributed by atoms with Gasteiger partial charge in [0.05, 0.1) is 11.0 Å². The first kappa shape index (κ1) is 22.4. The van der Waals surface area contributed by atoms with E-state index in [4.69, 9.17) is 10.5 Å². The lowest BCUT2D eigenvalue weighted by Gasteiger charge is -2.38. The molecule has 144 valence electrons. The van der Waals surface area contributed by atoms with E-state index in [1.54, 1.807) is 11.4 Å². The van der Waals surface area contributed by atoms with Crippen molar-refractivity contribution in [1.29, 1.82) is 0 Å². The van der Waals surface area contributed by atoms with Crippen LogP contribution in [0.3, 0.4) is 0 Å². The highest BCUT2D eigenvalue weighted by atomic mass is 35.5. The first-order valence-corrected chi connectivity index (χ1v) is 9.92. The maximum Gasteiger partial charge on any atom is 0.243 e. The average Bonchev–Trinajstić information content (AvgIpc) is 2.57. The number of hydrogen-bond acceptors (Lipinski definition) is 4. The van der Waals surface area contributed by atoms with Crippen molar-refractivity contribution in [2.75, 3.05) is 20.2 Å². The second-order valence-corrected chi connectivity index (χ2v) is 8.67. The number of hydrogen-bond donors (Lipinski definition) is 1. The molecule has 1 fully saturated rings. The summed E-state index contributed by atoms with van der Waals surface area (Å²) in [5, 5.41) is 0. The SMILES string of the molecule is COC1CCN(S(=O)(=O)c2c(C)c(C)c(C)c(C)c2C)C(CN)C1.Cl. The molecular weight excluding hydrogens is 360 g/mol. The fourth-order valence-corrected chi connectivity index (χ4v) is 5.93. The molecule has 0 amide bonds. The van der Waals surface area contributed by atoms with Gasteiger partial charge in [-0.15, -0.1) is 12.4 Å². The van der Waals surface area contributed by atoms with E-state index in [0.29, 0.717) is 30.8 Å². The standard InChI is InChI=1S/C18H30N2O3S.ClH/c1-11-12(2)14(4)18(15(5)13(11)3)24(21,22)20-8-7-17(23-6)9-16(20)10-19;/h16-17H,7-10,19H2,1-6H3;1H. The van der Waals surface area contributed by atoms with Crippen molar-refractivity contribution in [3.63, 3.8) is 0 Å². The van der Waals surface area contributed by atoms with Gasteiger partial charge in [-0.3, -0.25) is 0 Å². The van der Waals surface area contributed by atoms with Crippen molar-refractivity contribution in [1.82, 2.24) is 4.31 Å².